The molecule has 0 atom stereocenters. The number of fused-ring (bicyclic) bond motifs is 3. The second-order valence-corrected chi connectivity index (χ2v) is 7.50. The Balaban J connectivity index is 1.92. The zero-order valence-corrected chi connectivity index (χ0v) is 18.0. The van der Waals surface area contributed by atoms with Gasteiger partial charge in [0, 0.05) is 0 Å². The highest BCUT2D eigenvalue weighted by Crippen LogP contribution is 2.45. The first-order valence-corrected chi connectivity index (χ1v) is 10.5. The molecule has 7 aromatic rings. The van der Waals surface area contributed by atoms with Crippen LogP contribution in [0.1, 0.15) is 32.9 Å². The van der Waals surface area contributed by atoms with Crippen LogP contribution in [0.25, 0.3) is 65.7 Å². The van der Waals surface area contributed by atoms with Crippen molar-refractivity contribution in [3.8, 4) is 33.4 Å². The molecule has 0 fully saturated rings. The fourth-order valence-electron chi connectivity index (χ4n) is 4.09. The smallest absolute Gasteiger partial charge is 0.0622 e. The molecule has 0 heterocycles. The van der Waals surface area contributed by atoms with E-state index in [2.05, 4.69) is 0 Å². The van der Waals surface area contributed by atoms with Gasteiger partial charge in [-0.1, -0.05) is 139 Å². The maximum absolute atomic E-state index is 9.48. The largest absolute Gasteiger partial charge is 0.0636 e. The number of hydrogen-bond acceptors (Lipinski definition) is 0. The molecule has 0 spiro atoms. The van der Waals surface area contributed by atoms with Crippen LogP contribution in [0.4, 0.5) is 0 Å². The lowest BCUT2D eigenvalue weighted by atomic mass is 9.84. The third-order valence-corrected chi connectivity index (χ3v) is 5.56. The van der Waals surface area contributed by atoms with E-state index in [0.717, 1.165) is 0 Å². The van der Waals surface area contributed by atoms with Crippen LogP contribution in [-0.4, -0.2) is 0 Å². The molecule has 0 saturated heterocycles. The van der Waals surface area contributed by atoms with Crippen molar-refractivity contribution < 1.29 is 32.9 Å². The molecule has 0 saturated carbocycles. The maximum Gasteiger partial charge on any atom is 0.0636 e. The molecule has 0 aliphatic carbocycles. The Labute approximate surface area is 244 Å². The predicted molar refractivity (Wildman–Crippen MR) is 155 cm³/mol. The summed E-state index contributed by atoms with van der Waals surface area (Å²) in [6.45, 7) is 0. The summed E-state index contributed by atoms with van der Waals surface area (Å²) in [4.78, 5) is 0. The minimum Gasteiger partial charge on any atom is -0.0622 e. The summed E-state index contributed by atoms with van der Waals surface area (Å²) in [5.41, 5.74) is -4.44. The van der Waals surface area contributed by atoms with Gasteiger partial charge in [0.2, 0.25) is 0 Å². The van der Waals surface area contributed by atoms with E-state index in [1.165, 1.54) is 0 Å². The SMILES string of the molecule is [2H]c1c([2H])c([2H])c(-c2c([2H])c([2H])c([2H])c(-c3c4c([2H])c([2H])c([2H])c([2H])c4c(-c4c([2H])c([2H])c([2H])c5c([2H])c([2H])c([2H])c([2H])c45)c4c([2H])c([2H])c([2H])c([2H])c34)c2[2H])c([2H])c1[2H]. The predicted octanol–water partition coefficient (Wildman–Crippen LogP) is 10.1. The van der Waals surface area contributed by atoms with E-state index in [0.29, 0.717) is 0 Å². The Hall–Kier alpha value is -4.68. The van der Waals surface area contributed by atoms with Gasteiger partial charge in [-0.25, -0.2) is 0 Å². The van der Waals surface area contributed by atoms with Gasteiger partial charge in [0.1, 0.15) is 0 Å². The van der Waals surface area contributed by atoms with E-state index in [4.69, 9.17) is 26.0 Å². The number of hydrogen-bond donors (Lipinski definition) is 0. The standard InChI is InChI=1S/C36H24/c1-2-12-25(13-3-1)27-16-10-17-28(24-27)35-31-19-6-8-21-33(31)36(34-22-9-7-20-32(34)35)30-23-11-15-26-14-4-5-18-29(26)30/h1-24H/i1D,2D,3D,4D,5D,6D,7D,8D,9D,10D,11D,12D,13D,14D,15D,16D,17D,18D,19D,20D,21D,22D,23D,24D. The monoisotopic (exact) mass is 480 g/mol. The molecule has 0 aliphatic heterocycles. The fraction of sp³-hybridized carbons (Fsp3) is 0. The van der Waals surface area contributed by atoms with E-state index < -0.39 is 211 Å². The molecular formula is C36H24. The zero-order valence-electron chi connectivity index (χ0n) is 42.0. The van der Waals surface area contributed by atoms with E-state index >= 15 is 0 Å². The number of rotatable bonds is 3. The molecule has 36 heavy (non-hydrogen) atoms. The van der Waals surface area contributed by atoms with Crippen LogP contribution in [0.5, 0.6) is 0 Å². The normalized spacial score (nSPS) is 20.7. The van der Waals surface area contributed by atoms with Crippen molar-refractivity contribution in [3.05, 3.63) is 145 Å². The molecule has 168 valence electrons. The van der Waals surface area contributed by atoms with Crippen molar-refractivity contribution in [1.29, 1.82) is 0 Å². The lowest BCUT2D eigenvalue weighted by Gasteiger charge is -2.19. The quantitative estimate of drug-likeness (QED) is 0.221. The highest BCUT2D eigenvalue weighted by molar-refractivity contribution is 6.23. The van der Waals surface area contributed by atoms with E-state index in [9.17, 15) is 6.85 Å². The van der Waals surface area contributed by atoms with Crippen molar-refractivity contribution in [2.24, 2.45) is 0 Å². The van der Waals surface area contributed by atoms with Crippen LogP contribution in [0.3, 0.4) is 0 Å². The van der Waals surface area contributed by atoms with Crippen LogP contribution >= 0.6 is 0 Å². The second kappa shape index (κ2) is 8.52. The Morgan fingerprint density at radius 3 is 1.50 bits per heavy atom. The summed E-state index contributed by atoms with van der Waals surface area (Å²) in [5, 5.41) is -4.03. The van der Waals surface area contributed by atoms with Crippen molar-refractivity contribution in [2.45, 2.75) is 0 Å². The second-order valence-electron chi connectivity index (χ2n) is 7.50. The van der Waals surface area contributed by atoms with Gasteiger partial charge < -0.3 is 0 Å². The molecule has 0 bridgehead atoms. The van der Waals surface area contributed by atoms with Gasteiger partial charge in [-0.3, -0.25) is 0 Å². The Morgan fingerprint density at radius 1 is 0.333 bits per heavy atom. The minimum absolute atomic E-state index is 0.598. The molecule has 0 heteroatoms. The van der Waals surface area contributed by atoms with Gasteiger partial charge in [0.25, 0.3) is 0 Å². The molecular weight excluding hydrogens is 432 g/mol. The average molecular weight is 481 g/mol. The lowest BCUT2D eigenvalue weighted by Crippen LogP contribution is -1.91. The zero-order chi connectivity index (χ0) is 44.8. The van der Waals surface area contributed by atoms with Crippen molar-refractivity contribution in [3.63, 3.8) is 0 Å². The van der Waals surface area contributed by atoms with Gasteiger partial charge in [-0.15, -0.1) is 0 Å². The first-order chi connectivity index (χ1) is 27.9. The van der Waals surface area contributed by atoms with Crippen molar-refractivity contribution >= 4 is 32.3 Å². The Bertz CT molecular complexity index is 3070. The highest BCUT2D eigenvalue weighted by atomic mass is 14.2. The fourth-order valence-corrected chi connectivity index (χ4v) is 4.09. The van der Waals surface area contributed by atoms with Gasteiger partial charge in [-0.05, 0) is 71.7 Å². The maximum atomic E-state index is 9.48. The summed E-state index contributed by atoms with van der Waals surface area (Å²) in [6.07, 6.45) is 0. The topological polar surface area (TPSA) is 0 Å². The summed E-state index contributed by atoms with van der Waals surface area (Å²) in [7, 11) is 0. The molecule has 7 aromatic carbocycles. The average Bonchev–Trinajstić information content (AvgIpc) is 3.22. The van der Waals surface area contributed by atoms with E-state index in [1.54, 1.807) is 0 Å². The summed E-state index contributed by atoms with van der Waals surface area (Å²) < 4.78 is 211. The Kier molecular flexibility index (Phi) is 1.81. The Morgan fingerprint density at radius 2 is 0.806 bits per heavy atom. The highest BCUT2D eigenvalue weighted by Gasteiger charge is 2.17. The lowest BCUT2D eigenvalue weighted by molar-refractivity contribution is 1.61. The van der Waals surface area contributed by atoms with E-state index in [1.807, 2.05) is 0 Å². The molecule has 0 N–H and O–H groups in total. The molecule has 0 unspecified atom stereocenters. The van der Waals surface area contributed by atoms with Gasteiger partial charge in [0.15, 0.2) is 0 Å². The van der Waals surface area contributed by atoms with Gasteiger partial charge in [0.05, 0.1) is 32.9 Å². The summed E-state index contributed by atoms with van der Waals surface area (Å²) in [5.74, 6) is 0. The molecule has 7 rings (SSSR count). The van der Waals surface area contributed by atoms with Crippen LogP contribution in [0.2, 0.25) is 0 Å². The van der Waals surface area contributed by atoms with Gasteiger partial charge >= 0.3 is 0 Å². The number of benzene rings is 7. The minimum atomic E-state index is -1.02. The molecule has 0 amide bonds. The van der Waals surface area contributed by atoms with Crippen LogP contribution in [0, 0.1) is 0 Å². The van der Waals surface area contributed by atoms with E-state index in [-0.39, 0.29) is 0 Å². The van der Waals surface area contributed by atoms with Crippen molar-refractivity contribution in [2.75, 3.05) is 0 Å². The molecule has 0 radical (unpaired) electrons. The van der Waals surface area contributed by atoms with Crippen LogP contribution in [0.15, 0.2) is 145 Å². The van der Waals surface area contributed by atoms with Crippen molar-refractivity contribution in [1.82, 2.24) is 0 Å². The summed E-state index contributed by atoms with van der Waals surface area (Å²) in [6, 6.07) is -22.2. The third-order valence-electron chi connectivity index (χ3n) is 5.56. The first kappa shape index (κ1) is 7.66. The first-order valence-electron chi connectivity index (χ1n) is 22.5. The van der Waals surface area contributed by atoms with Crippen LogP contribution in [-0.2, 0) is 0 Å². The molecule has 0 nitrogen and oxygen atoms in total. The summed E-state index contributed by atoms with van der Waals surface area (Å²) >= 11 is 0. The van der Waals surface area contributed by atoms with Gasteiger partial charge in [-0.2, -0.15) is 0 Å². The molecule has 0 aliphatic rings. The van der Waals surface area contributed by atoms with Crippen LogP contribution < -0.4 is 0 Å². The molecule has 0 aromatic heterocycles. The third kappa shape index (κ3) is 3.31.